The van der Waals surface area contributed by atoms with Crippen molar-refractivity contribution >= 4 is 27.6 Å². The van der Waals surface area contributed by atoms with E-state index in [0.29, 0.717) is 22.3 Å². The summed E-state index contributed by atoms with van der Waals surface area (Å²) in [6, 6.07) is 20.5. The van der Waals surface area contributed by atoms with Crippen LogP contribution < -0.4 is 16.6 Å². The summed E-state index contributed by atoms with van der Waals surface area (Å²) in [6.45, 7) is 5.24. The predicted octanol–water partition coefficient (Wildman–Crippen LogP) is 6.73. The molecule has 3 N–H and O–H groups in total. The molecule has 200 valence electrons. The Kier molecular flexibility index (Phi) is 7.41. The molecule has 2 aromatic heterocycles. The van der Waals surface area contributed by atoms with Gasteiger partial charge in [0.1, 0.15) is 22.7 Å². The average molecular weight is 526 g/mol. The molecule has 0 radical (unpaired) electrons. The van der Waals surface area contributed by atoms with E-state index < -0.39 is 17.2 Å². The smallest absolute Gasteiger partial charge is 0.344 e. The number of para-hydroxylation sites is 2. The molecule has 0 spiro atoms. The number of hydrogen-bond acceptors (Lipinski definition) is 7. The Morgan fingerprint density at radius 3 is 1.74 bits per heavy atom. The van der Waals surface area contributed by atoms with Crippen molar-refractivity contribution < 1.29 is 19.0 Å². The van der Waals surface area contributed by atoms with E-state index in [4.69, 9.17) is 8.83 Å². The molecule has 0 unspecified atom stereocenters. The van der Waals surface area contributed by atoms with Crippen molar-refractivity contribution in [2.75, 3.05) is 11.9 Å². The van der Waals surface area contributed by atoms with Crippen LogP contribution in [-0.2, 0) is 0 Å². The van der Waals surface area contributed by atoms with E-state index in [9.17, 15) is 19.8 Å². The number of nitrogens with one attached hydrogen (secondary N) is 1. The van der Waals surface area contributed by atoms with Gasteiger partial charge in [0.15, 0.2) is 0 Å². The third kappa shape index (κ3) is 5.25. The van der Waals surface area contributed by atoms with Gasteiger partial charge >= 0.3 is 11.3 Å². The van der Waals surface area contributed by atoms with Crippen LogP contribution in [0.15, 0.2) is 91.2 Å². The maximum atomic E-state index is 13.3. The Labute approximate surface area is 225 Å². The van der Waals surface area contributed by atoms with E-state index in [1.165, 1.54) is 6.42 Å². The fourth-order valence-corrected chi connectivity index (χ4v) is 4.99. The lowest BCUT2D eigenvalue weighted by atomic mass is 9.84. The van der Waals surface area contributed by atoms with Gasteiger partial charge in [0, 0.05) is 12.2 Å². The van der Waals surface area contributed by atoms with Crippen LogP contribution in [0.4, 0.5) is 5.69 Å². The Hall–Kier alpha value is -4.52. The molecule has 0 aliphatic rings. The molecular formula is C32H31NO6. The zero-order valence-electron chi connectivity index (χ0n) is 21.9. The van der Waals surface area contributed by atoms with E-state index in [1.807, 2.05) is 12.1 Å². The summed E-state index contributed by atoms with van der Waals surface area (Å²) in [5, 5.41) is 26.6. The minimum Gasteiger partial charge on any atom is -0.507 e. The molecule has 0 amide bonds. The zero-order chi connectivity index (χ0) is 27.5. The van der Waals surface area contributed by atoms with E-state index in [1.54, 1.807) is 60.7 Å². The summed E-state index contributed by atoms with van der Waals surface area (Å²) >= 11 is 0. The van der Waals surface area contributed by atoms with Crippen molar-refractivity contribution in [2.45, 2.75) is 39.0 Å². The summed E-state index contributed by atoms with van der Waals surface area (Å²) in [4.78, 5) is 26.6. The SMILES string of the molecule is CC(C)CCCCNc1ccc(C(c2c(O)c3ccccc3oc2=O)c2c(O)c3ccccc3oc2=O)cc1. The monoisotopic (exact) mass is 525 g/mol. The molecule has 0 atom stereocenters. The van der Waals surface area contributed by atoms with E-state index >= 15 is 0 Å². The van der Waals surface area contributed by atoms with Crippen LogP contribution >= 0.6 is 0 Å². The van der Waals surface area contributed by atoms with Crippen LogP contribution in [0, 0.1) is 5.92 Å². The number of benzene rings is 3. The topological polar surface area (TPSA) is 113 Å². The first-order chi connectivity index (χ1) is 18.8. The highest BCUT2D eigenvalue weighted by Crippen LogP contribution is 2.42. The molecule has 0 aliphatic carbocycles. The van der Waals surface area contributed by atoms with Gasteiger partial charge in [-0.15, -0.1) is 0 Å². The Morgan fingerprint density at radius 1 is 0.718 bits per heavy atom. The van der Waals surface area contributed by atoms with E-state index in [2.05, 4.69) is 19.2 Å². The lowest BCUT2D eigenvalue weighted by Crippen LogP contribution is -2.21. The number of anilines is 1. The first-order valence-corrected chi connectivity index (χ1v) is 13.2. The van der Waals surface area contributed by atoms with Gasteiger partial charge in [-0.3, -0.25) is 0 Å². The standard InChI is InChI=1S/C32H31NO6/c1-19(2)9-7-8-18-33-21-16-14-20(15-17-21)26(27-29(34)22-10-3-5-12-24(22)38-31(27)36)28-30(35)23-11-4-6-13-25(23)39-32(28)37/h3-6,10-17,19,26,33-35H,7-9,18H2,1-2H3. The molecule has 2 heterocycles. The molecule has 7 nitrogen and oxygen atoms in total. The minimum atomic E-state index is -1.15. The van der Waals surface area contributed by atoms with Gasteiger partial charge < -0.3 is 24.4 Å². The molecule has 3 aromatic carbocycles. The highest BCUT2D eigenvalue weighted by atomic mass is 16.4. The van der Waals surface area contributed by atoms with E-state index in [0.717, 1.165) is 25.1 Å². The molecular weight excluding hydrogens is 494 g/mol. The lowest BCUT2D eigenvalue weighted by Gasteiger charge is -2.20. The first kappa shape index (κ1) is 26.1. The lowest BCUT2D eigenvalue weighted by molar-refractivity contribution is 0.441. The number of rotatable bonds is 9. The second-order valence-electron chi connectivity index (χ2n) is 10.2. The molecule has 0 saturated heterocycles. The summed E-state index contributed by atoms with van der Waals surface area (Å²) < 4.78 is 11.1. The average Bonchev–Trinajstić information content (AvgIpc) is 2.92. The first-order valence-electron chi connectivity index (χ1n) is 13.2. The summed E-state index contributed by atoms with van der Waals surface area (Å²) in [7, 11) is 0. The number of hydrogen-bond donors (Lipinski definition) is 3. The third-order valence-corrected chi connectivity index (χ3v) is 7.00. The van der Waals surface area contributed by atoms with Gasteiger partial charge in [-0.2, -0.15) is 0 Å². The molecule has 5 rings (SSSR count). The largest absolute Gasteiger partial charge is 0.507 e. The second-order valence-corrected chi connectivity index (χ2v) is 10.2. The van der Waals surface area contributed by atoms with Gasteiger partial charge in [-0.25, -0.2) is 9.59 Å². The molecule has 0 aliphatic heterocycles. The van der Waals surface area contributed by atoms with Gasteiger partial charge in [0.2, 0.25) is 0 Å². The van der Waals surface area contributed by atoms with Crippen molar-refractivity contribution in [3.05, 3.63) is 110 Å². The van der Waals surface area contributed by atoms with Gasteiger partial charge in [0.25, 0.3) is 0 Å². The fraction of sp³-hybridized carbons (Fsp3) is 0.250. The normalized spacial score (nSPS) is 11.6. The molecule has 7 heteroatoms. The molecule has 0 fully saturated rings. The highest BCUT2D eigenvalue weighted by Gasteiger charge is 2.32. The van der Waals surface area contributed by atoms with Gasteiger partial charge in [-0.05, 0) is 54.3 Å². The van der Waals surface area contributed by atoms with Crippen molar-refractivity contribution in [3.8, 4) is 11.5 Å². The predicted molar refractivity (Wildman–Crippen MR) is 153 cm³/mol. The summed E-state index contributed by atoms with van der Waals surface area (Å²) in [5.41, 5.74) is -0.0979. The molecule has 5 aromatic rings. The number of unbranched alkanes of at least 4 members (excludes halogenated alkanes) is 1. The molecule has 39 heavy (non-hydrogen) atoms. The number of fused-ring (bicyclic) bond motifs is 2. The molecule has 0 bridgehead atoms. The van der Waals surface area contributed by atoms with Crippen LogP contribution in [0.5, 0.6) is 11.5 Å². The Morgan fingerprint density at radius 2 is 1.23 bits per heavy atom. The second kappa shape index (κ2) is 11.1. The van der Waals surface area contributed by atoms with Crippen LogP contribution in [0.25, 0.3) is 21.9 Å². The summed E-state index contributed by atoms with van der Waals surface area (Å²) in [6.07, 6.45) is 3.36. The number of aromatic hydroxyl groups is 2. The maximum Gasteiger partial charge on any atom is 0.344 e. The van der Waals surface area contributed by atoms with Gasteiger partial charge in [-0.1, -0.05) is 63.1 Å². The fourth-order valence-electron chi connectivity index (χ4n) is 4.99. The van der Waals surface area contributed by atoms with Gasteiger partial charge in [0.05, 0.1) is 27.8 Å². The quantitative estimate of drug-likeness (QED) is 0.144. The molecule has 0 saturated carbocycles. The van der Waals surface area contributed by atoms with Crippen molar-refractivity contribution in [3.63, 3.8) is 0 Å². The Bertz CT molecular complexity index is 1630. The van der Waals surface area contributed by atoms with Crippen LogP contribution in [0.1, 0.15) is 55.7 Å². The Balaban J connectivity index is 1.62. The van der Waals surface area contributed by atoms with E-state index in [-0.39, 0.29) is 33.8 Å². The zero-order valence-corrected chi connectivity index (χ0v) is 21.9. The summed E-state index contributed by atoms with van der Waals surface area (Å²) in [5.74, 6) is -1.10. The minimum absolute atomic E-state index is 0.152. The third-order valence-electron chi connectivity index (χ3n) is 7.00. The van der Waals surface area contributed by atoms with Crippen molar-refractivity contribution in [2.24, 2.45) is 5.92 Å². The highest BCUT2D eigenvalue weighted by molar-refractivity contribution is 5.87. The van der Waals surface area contributed by atoms with Crippen LogP contribution in [0.3, 0.4) is 0 Å². The van der Waals surface area contributed by atoms with Crippen LogP contribution in [-0.4, -0.2) is 16.8 Å². The van der Waals surface area contributed by atoms with Crippen molar-refractivity contribution in [1.29, 1.82) is 0 Å². The van der Waals surface area contributed by atoms with Crippen LogP contribution in [0.2, 0.25) is 0 Å². The van der Waals surface area contributed by atoms with Crippen molar-refractivity contribution in [1.82, 2.24) is 0 Å². The maximum absolute atomic E-state index is 13.3.